The summed E-state index contributed by atoms with van der Waals surface area (Å²) >= 11 is 6.02. The molecule has 5 nitrogen and oxygen atoms in total. The summed E-state index contributed by atoms with van der Waals surface area (Å²) < 4.78 is 0. The molecule has 25 heavy (non-hydrogen) atoms. The fraction of sp³-hybridized carbons (Fsp3) is 0.158. The van der Waals surface area contributed by atoms with Gasteiger partial charge < -0.3 is 15.6 Å². The smallest absolute Gasteiger partial charge is 0.253 e. The van der Waals surface area contributed by atoms with Gasteiger partial charge in [0.05, 0.1) is 0 Å². The highest BCUT2D eigenvalue weighted by Crippen LogP contribution is 2.26. The fourth-order valence-corrected chi connectivity index (χ4v) is 3.23. The summed E-state index contributed by atoms with van der Waals surface area (Å²) in [6.07, 6.45) is 1.23. The molecule has 0 spiro atoms. The first-order valence-corrected chi connectivity index (χ1v) is 8.44. The number of hydrogen-bond donors (Lipinski definition) is 3. The van der Waals surface area contributed by atoms with Crippen molar-refractivity contribution in [2.24, 2.45) is 0 Å². The van der Waals surface area contributed by atoms with Crippen LogP contribution in [0.15, 0.2) is 47.3 Å². The summed E-state index contributed by atoms with van der Waals surface area (Å²) in [5, 5.41) is 7.67. The third kappa shape index (κ3) is 3.23. The lowest BCUT2D eigenvalue weighted by Crippen LogP contribution is -2.19. The van der Waals surface area contributed by atoms with E-state index >= 15 is 0 Å². The first-order valence-electron chi connectivity index (χ1n) is 8.06. The highest BCUT2D eigenvalue weighted by atomic mass is 35.5. The molecule has 4 rings (SSSR count). The zero-order valence-electron chi connectivity index (χ0n) is 13.4. The third-order valence-electron chi connectivity index (χ3n) is 4.37. The molecule has 2 aromatic carbocycles. The SMILES string of the molecule is O=C1CCc2cc(NCc3cc4cc(Cl)ccc4[nH]c3=O)ccc2N1. The summed E-state index contributed by atoms with van der Waals surface area (Å²) in [7, 11) is 0. The van der Waals surface area contributed by atoms with E-state index in [0.717, 1.165) is 34.3 Å². The van der Waals surface area contributed by atoms with E-state index in [1.54, 1.807) is 12.1 Å². The van der Waals surface area contributed by atoms with Gasteiger partial charge in [0.1, 0.15) is 0 Å². The maximum Gasteiger partial charge on any atom is 0.253 e. The van der Waals surface area contributed by atoms with Crippen LogP contribution >= 0.6 is 11.6 Å². The molecule has 3 N–H and O–H groups in total. The van der Waals surface area contributed by atoms with Crippen LogP contribution in [0.25, 0.3) is 10.9 Å². The summed E-state index contributed by atoms with van der Waals surface area (Å²) in [5.74, 6) is 0.0505. The Morgan fingerprint density at radius 2 is 1.92 bits per heavy atom. The van der Waals surface area contributed by atoms with Crippen molar-refractivity contribution >= 4 is 39.8 Å². The average molecular weight is 354 g/mol. The van der Waals surface area contributed by atoms with Crippen LogP contribution in [-0.2, 0) is 17.8 Å². The van der Waals surface area contributed by atoms with Crippen LogP contribution in [0.1, 0.15) is 17.5 Å². The second kappa shape index (κ2) is 6.26. The predicted molar refractivity (Wildman–Crippen MR) is 100 cm³/mol. The number of carbonyl (C=O) groups excluding carboxylic acids is 1. The van der Waals surface area contributed by atoms with Gasteiger partial charge in [-0.1, -0.05) is 11.6 Å². The minimum Gasteiger partial charge on any atom is -0.381 e. The zero-order chi connectivity index (χ0) is 17.4. The quantitative estimate of drug-likeness (QED) is 0.672. The Hall–Kier alpha value is -2.79. The van der Waals surface area contributed by atoms with Crippen LogP contribution < -0.4 is 16.2 Å². The average Bonchev–Trinajstić information content (AvgIpc) is 2.60. The van der Waals surface area contributed by atoms with Crippen molar-refractivity contribution in [2.75, 3.05) is 10.6 Å². The Labute approximate surface area is 149 Å². The van der Waals surface area contributed by atoms with E-state index in [-0.39, 0.29) is 11.5 Å². The summed E-state index contributed by atoms with van der Waals surface area (Å²) in [6.45, 7) is 0.406. The topological polar surface area (TPSA) is 74.0 Å². The number of halogens is 1. The number of pyridine rings is 1. The molecule has 0 saturated heterocycles. The van der Waals surface area contributed by atoms with E-state index in [9.17, 15) is 9.59 Å². The Morgan fingerprint density at radius 3 is 2.80 bits per heavy atom. The third-order valence-corrected chi connectivity index (χ3v) is 4.60. The van der Waals surface area contributed by atoms with Crippen LogP contribution in [0.5, 0.6) is 0 Å². The van der Waals surface area contributed by atoms with Gasteiger partial charge in [-0.15, -0.1) is 0 Å². The molecule has 0 unspecified atom stereocenters. The molecule has 6 heteroatoms. The number of nitrogens with one attached hydrogen (secondary N) is 3. The van der Waals surface area contributed by atoms with E-state index < -0.39 is 0 Å². The largest absolute Gasteiger partial charge is 0.381 e. The van der Waals surface area contributed by atoms with Crippen LogP contribution in [0.3, 0.4) is 0 Å². The molecular weight excluding hydrogens is 338 g/mol. The first kappa shape index (κ1) is 15.7. The van der Waals surface area contributed by atoms with Gasteiger partial charge in [-0.3, -0.25) is 9.59 Å². The number of fused-ring (bicyclic) bond motifs is 2. The predicted octanol–water partition coefficient (Wildman–Crippen LogP) is 3.68. The van der Waals surface area contributed by atoms with Crippen LogP contribution in [0, 0.1) is 0 Å². The molecule has 0 aliphatic carbocycles. The van der Waals surface area contributed by atoms with Gasteiger partial charge in [-0.25, -0.2) is 0 Å². The molecule has 0 bridgehead atoms. The molecule has 0 saturated carbocycles. The van der Waals surface area contributed by atoms with E-state index in [4.69, 9.17) is 11.6 Å². The highest BCUT2D eigenvalue weighted by Gasteiger charge is 2.14. The number of aryl methyl sites for hydroxylation is 1. The van der Waals surface area contributed by atoms with Crippen molar-refractivity contribution in [3.8, 4) is 0 Å². The van der Waals surface area contributed by atoms with E-state index in [2.05, 4.69) is 15.6 Å². The first-order chi connectivity index (χ1) is 12.1. The van der Waals surface area contributed by atoms with Crippen molar-refractivity contribution in [1.82, 2.24) is 4.98 Å². The normalized spacial score (nSPS) is 13.4. The van der Waals surface area contributed by atoms with Gasteiger partial charge >= 0.3 is 0 Å². The van der Waals surface area contributed by atoms with Crippen molar-refractivity contribution in [3.05, 3.63) is 69.0 Å². The molecule has 1 aromatic heterocycles. The number of hydrogen-bond acceptors (Lipinski definition) is 3. The van der Waals surface area contributed by atoms with Gasteiger partial charge in [-0.2, -0.15) is 0 Å². The summed E-state index contributed by atoms with van der Waals surface area (Å²) in [5.41, 5.74) is 4.17. The van der Waals surface area contributed by atoms with E-state index in [1.165, 1.54) is 0 Å². The number of rotatable bonds is 3. The number of aromatic nitrogens is 1. The number of benzene rings is 2. The Morgan fingerprint density at radius 1 is 1.04 bits per heavy atom. The fourth-order valence-electron chi connectivity index (χ4n) is 3.04. The number of aromatic amines is 1. The van der Waals surface area contributed by atoms with Crippen molar-refractivity contribution in [3.63, 3.8) is 0 Å². The Kier molecular flexibility index (Phi) is 3.93. The maximum absolute atomic E-state index is 12.2. The Bertz CT molecular complexity index is 1040. The Balaban J connectivity index is 1.57. The van der Waals surface area contributed by atoms with Crippen LogP contribution in [0.4, 0.5) is 11.4 Å². The lowest BCUT2D eigenvalue weighted by molar-refractivity contribution is -0.116. The van der Waals surface area contributed by atoms with Gasteiger partial charge in [0.2, 0.25) is 5.91 Å². The molecule has 1 aliphatic heterocycles. The van der Waals surface area contributed by atoms with Gasteiger partial charge in [-0.05, 0) is 54.4 Å². The van der Waals surface area contributed by atoms with Crippen molar-refractivity contribution < 1.29 is 4.79 Å². The van der Waals surface area contributed by atoms with Crippen molar-refractivity contribution in [2.45, 2.75) is 19.4 Å². The number of amides is 1. The van der Waals surface area contributed by atoms with Gasteiger partial charge in [0.25, 0.3) is 5.56 Å². The lowest BCUT2D eigenvalue weighted by Gasteiger charge is -2.18. The summed E-state index contributed by atoms with van der Waals surface area (Å²) in [6, 6.07) is 13.0. The minimum atomic E-state index is -0.118. The van der Waals surface area contributed by atoms with E-state index in [0.29, 0.717) is 23.6 Å². The number of anilines is 2. The highest BCUT2D eigenvalue weighted by molar-refractivity contribution is 6.31. The molecule has 126 valence electrons. The molecule has 2 heterocycles. The number of H-pyrrole nitrogens is 1. The molecule has 0 fully saturated rings. The monoisotopic (exact) mass is 353 g/mol. The minimum absolute atomic E-state index is 0.0505. The second-order valence-corrected chi connectivity index (χ2v) is 6.57. The molecule has 0 atom stereocenters. The molecular formula is C19H16ClN3O2. The van der Waals surface area contributed by atoms with Gasteiger partial charge in [0, 0.05) is 45.8 Å². The maximum atomic E-state index is 12.2. The number of carbonyl (C=O) groups is 1. The molecule has 1 aliphatic rings. The zero-order valence-corrected chi connectivity index (χ0v) is 14.1. The molecule has 3 aromatic rings. The van der Waals surface area contributed by atoms with E-state index in [1.807, 2.05) is 30.3 Å². The van der Waals surface area contributed by atoms with Crippen molar-refractivity contribution in [1.29, 1.82) is 0 Å². The lowest BCUT2D eigenvalue weighted by atomic mass is 10.0. The molecule has 1 amide bonds. The van der Waals surface area contributed by atoms with Crippen LogP contribution in [-0.4, -0.2) is 10.9 Å². The second-order valence-electron chi connectivity index (χ2n) is 6.13. The standard InChI is InChI=1S/C19H16ClN3O2/c20-14-2-4-17-12(8-14)7-13(19(25)23-17)10-21-15-3-5-16-11(9-15)1-6-18(24)22-16/h2-5,7-9,21H,1,6,10H2,(H,22,24)(H,23,25). The summed E-state index contributed by atoms with van der Waals surface area (Å²) in [4.78, 5) is 26.5. The van der Waals surface area contributed by atoms with Crippen LogP contribution in [0.2, 0.25) is 5.02 Å². The molecule has 0 radical (unpaired) electrons. The van der Waals surface area contributed by atoms with Gasteiger partial charge in [0.15, 0.2) is 0 Å².